The molecule has 4 nitrogen and oxygen atoms in total. The lowest BCUT2D eigenvalue weighted by atomic mass is 10.0. The van der Waals surface area contributed by atoms with Crippen LogP contribution >= 0.6 is 0 Å². The molecule has 2 aromatic carbocycles. The van der Waals surface area contributed by atoms with E-state index in [1.165, 1.54) is 17.7 Å². The molecular weight excluding hydrogens is 264 g/mol. The smallest absolute Gasteiger partial charge is 0.258 e. The summed E-state index contributed by atoms with van der Waals surface area (Å²) in [6, 6.07) is 16.1. The molecule has 2 rings (SSSR count). The van der Waals surface area contributed by atoms with Crippen molar-refractivity contribution in [3.63, 3.8) is 0 Å². The fraction of sp³-hybridized carbons (Fsp3) is 0.118. The molecule has 0 spiro atoms. The number of rotatable bonds is 4. The molecule has 21 heavy (non-hydrogen) atoms. The average molecular weight is 278 g/mol. The Morgan fingerprint density at radius 3 is 2.29 bits per heavy atom. The topological polar surface area (TPSA) is 66.9 Å². The van der Waals surface area contributed by atoms with Gasteiger partial charge in [-0.05, 0) is 41.3 Å². The monoisotopic (exact) mass is 278 g/mol. The first kappa shape index (κ1) is 14.5. The molecule has 0 aliphatic carbocycles. The van der Waals surface area contributed by atoms with Crippen LogP contribution in [0.4, 0.5) is 5.69 Å². The summed E-state index contributed by atoms with van der Waals surface area (Å²) in [5.74, 6) is 0. The first-order valence-electron chi connectivity index (χ1n) is 6.59. The number of aryl methyl sites for hydroxylation is 1. The van der Waals surface area contributed by atoms with Crippen LogP contribution in [0, 0.1) is 21.4 Å². The fourth-order valence-electron chi connectivity index (χ4n) is 1.96. The Bertz CT molecular complexity index is 708. The van der Waals surface area contributed by atoms with E-state index in [-0.39, 0.29) is 5.69 Å². The van der Waals surface area contributed by atoms with Gasteiger partial charge < -0.3 is 0 Å². The highest BCUT2D eigenvalue weighted by Crippen LogP contribution is 2.21. The zero-order valence-corrected chi connectivity index (χ0v) is 11.6. The maximum Gasteiger partial charge on any atom is 0.269 e. The summed E-state index contributed by atoms with van der Waals surface area (Å²) < 4.78 is 0. The summed E-state index contributed by atoms with van der Waals surface area (Å²) >= 11 is 0. The van der Waals surface area contributed by atoms with Gasteiger partial charge in [-0.3, -0.25) is 10.1 Å². The van der Waals surface area contributed by atoms with E-state index < -0.39 is 4.92 Å². The van der Waals surface area contributed by atoms with Crippen molar-refractivity contribution in [3.8, 4) is 6.07 Å². The fourth-order valence-corrected chi connectivity index (χ4v) is 1.96. The SMILES string of the molecule is CCc1ccc(/C=C(\C#N)c2ccc([N+](=O)[O-])cc2)cc1. The molecule has 0 aliphatic heterocycles. The highest BCUT2D eigenvalue weighted by molar-refractivity contribution is 5.89. The summed E-state index contributed by atoms with van der Waals surface area (Å²) in [7, 11) is 0. The average Bonchev–Trinajstić information content (AvgIpc) is 2.53. The normalized spacial score (nSPS) is 11.0. The molecule has 0 bridgehead atoms. The van der Waals surface area contributed by atoms with Gasteiger partial charge in [0.15, 0.2) is 0 Å². The third kappa shape index (κ3) is 3.54. The molecule has 0 radical (unpaired) electrons. The number of nitro benzene ring substituents is 1. The van der Waals surface area contributed by atoms with Crippen molar-refractivity contribution in [1.29, 1.82) is 5.26 Å². The number of nitro groups is 1. The lowest BCUT2D eigenvalue weighted by Crippen LogP contribution is -1.88. The minimum atomic E-state index is -0.455. The van der Waals surface area contributed by atoms with Gasteiger partial charge >= 0.3 is 0 Å². The van der Waals surface area contributed by atoms with Gasteiger partial charge in [0.25, 0.3) is 5.69 Å². The van der Waals surface area contributed by atoms with Gasteiger partial charge in [-0.2, -0.15) is 5.26 Å². The number of hydrogen-bond donors (Lipinski definition) is 0. The first-order valence-corrected chi connectivity index (χ1v) is 6.59. The second-order valence-electron chi connectivity index (χ2n) is 4.57. The number of nitriles is 1. The highest BCUT2D eigenvalue weighted by Gasteiger charge is 2.06. The molecule has 2 aromatic rings. The van der Waals surface area contributed by atoms with Crippen LogP contribution in [-0.4, -0.2) is 4.92 Å². The summed E-state index contributed by atoms with van der Waals surface area (Å²) in [6.45, 7) is 2.09. The lowest BCUT2D eigenvalue weighted by Gasteiger charge is -2.01. The van der Waals surface area contributed by atoms with Crippen LogP contribution < -0.4 is 0 Å². The third-order valence-electron chi connectivity index (χ3n) is 3.21. The van der Waals surface area contributed by atoms with Crippen molar-refractivity contribution in [2.75, 3.05) is 0 Å². The van der Waals surface area contributed by atoms with Gasteiger partial charge in [0.05, 0.1) is 16.6 Å². The van der Waals surface area contributed by atoms with Crippen molar-refractivity contribution in [1.82, 2.24) is 0 Å². The minimum Gasteiger partial charge on any atom is -0.258 e. The molecule has 0 saturated carbocycles. The number of allylic oxidation sites excluding steroid dienone is 1. The van der Waals surface area contributed by atoms with Crippen LogP contribution in [0.3, 0.4) is 0 Å². The van der Waals surface area contributed by atoms with E-state index in [0.717, 1.165) is 12.0 Å². The van der Waals surface area contributed by atoms with Crippen molar-refractivity contribution < 1.29 is 4.92 Å². The molecule has 0 heterocycles. The predicted molar refractivity (Wildman–Crippen MR) is 82.4 cm³/mol. The zero-order chi connectivity index (χ0) is 15.2. The Hall–Kier alpha value is -2.93. The molecule has 0 unspecified atom stereocenters. The minimum absolute atomic E-state index is 0.0170. The number of benzene rings is 2. The Kier molecular flexibility index (Phi) is 4.47. The Morgan fingerprint density at radius 1 is 1.19 bits per heavy atom. The third-order valence-corrected chi connectivity index (χ3v) is 3.21. The molecule has 104 valence electrons. The van der Waals surface area contributed by atoms with Crippen molar-refractivity contribution >= 4 is 17.3 Å². The van der Waals surface area contributed by atoms with E-state index >= 15 is 0 Å². The largest absolute Gasteiger partial charge is 0.269 e. The summed E-state index contributed by atoms with van der Waals surface area (Å²) in [6.07, 6.45) is 2.75. The molecule has 0 atom stereocenters. The van der Waals surface area contributed by atoms with E-state index in [1.54, 1.807) is 18.2 Å². The van der Waals surface area contributed by atoms with Crippen LogP contribution in [0.2, 0.25) is 0 Å². The van der Waals surface area contributed by atoms with Gasteiger partial charge in [0, 0.05) is 12.1 Å². The van der Waals surface area contributed by atoms with Gasteiger partial charge in [-0.1, -0.05) is 31.2 Å². The molecular formula is C17H14N2O2. The van der Waals surface area contributed by atoms with Crippen molar-refractivity contribution in [2.45, 2.75) is 13.3 Å². The second-order valence-corrected chi connectivity index (χ2v) is 4.57. The van der Waals surface area contributed by atoms with Crippen LogP contribution in [0.15, 0.2) is 48.5 Å². The van der Waals surface area contributed by atoms with Crippen LogP contribution in [0.5, 0.6) is 0 Å². The van der Waals surface area contributed by atoms with E-state index in [2.05, 4.69) is 13.0 Å². The standard InChI is InChI=1S/C17H14N2O2/c1-2-13-3-5-14(6-4-13)11-16(12-18)15-7-9-17(10-8-15)19(20)21/h3-11H,2H2,1H3/b16-11+. The van der Waals surface area contributed by atoms with Crippen LogP contribution in [0.25, 0.3) is 11.6 Å². The van der Waals surface area contributed by atoms with E-state index in [1.807, 2.05) is 24.3 Å². The Balaban J connectivity index is 2.31. The molecule has 0 amide bonds. The number of hydrogen-bond acceptors (Lipinski definition) is 3. The molecule has 0 N–H and O–H groups in total. The lowest BCUT2D eigenvalue weighted by molar-refractivity contribution is -0.384. The maximum atomic E-state index is 10.6. The predicted octanol–water partition coefficient (Wildman–Crippen LogP) is 4.22. The Morgan fingerprint density at radius 2 is 1.81 bits per heavy atom. The molecule has 0 aromatic heterocycles. The molecule has 0 saturated heterocycles. The van der Waals surface area contributed by atoms with E-state index in [9.17, 15) is 15.4 Å². The van der Waals surface area contributed by atoms with E-state index in [4.69, 9.17) is 0 Å². The molecule has 0 aliphatic rings. The van der Waals surface area contributed by atoms with Gasteiger partial charge in [-0.25, -0.2) is 0 Å². The Labute approximate surface area is 123 Å². The zero-order valence-electron chi connectivity index (χ0n) is 11.6. The van der Waals surface area contributed by atoms with Crippen molar-refractivity contribution in [3.05, 3.63) is 75.3 Å². The number of nitrogens with zero attached hydrogens (tertiary/aromatic N) is 2. The summed E-state index contributed by atoms with van der Waals surface area (Å²) in [5.41, 5.74) is 3.34. The molecule has 4 heteroatoms. The van der Waals surface area contributed by atoms with Gasteiger partial charge in [-0.15, -0.1) is 0 Å². The quantitative estimate of drug-likeness (QED) is 0.364. The second kappa shape index (κ2) is 6.49. The van der Waals surface area contributed by atoms with Crippen LogP contribution in [-0.2, 0) is 6.42 Å². The summed E-state index contributed by atoms with van der Waals surface area (Å²) in [5, 5.41) is 19.9. The van der Waals surface area contributed by atoms with Gasteiger partial charge in [0.2, 0.25) is 0 Å². The van der Waals surface area contributed by atoms with Crippen molar-refractivity contribution in [2.24, 2.45) is 0 Å². The number of non-ortho nitro benzene ring substituents is 1. The first-order chi connectivity index (χ1) is 10.1. The van der Waals surface area contributed by atoms with Crippen LogP contribution in [0.1, 0.15) is 23.6 Å². The molecule has 0 fully saturated rings. The maximum absolute atomic E-state index is 10.6. The highest BCUT2D eigenvalue weighted by atomic mass is 16.6. The summed E-state index contributed by atoms with van der Waals surface area (Å²) in [4.78, 5) is 10.2. The van der Waals surface area contributed by atoms with E-state index in [0.29, 0.717) is 11.1 Å². The van der Waals surface area contributed by atoms with Gasteiger partial charge in [0.1, 0.15) is 0 Å².